The zero-order chi connectivity index (χ0) is 47.5. The van der Waals surface area contributed by atoms with Gasteiger partial charge in [-0.05, 0) is 74.8 Å². The molecule has 3 N–H and O–H groups in total. The number of carbonyl (C=O) groups excluding carboxylic acids is 5. The van der Waals surface area contributed by atoms with E-state index in [1.165, 1.54) is 28.4 Å². The number of nitrogens with zero attached hydrogens (tertiary/aromatic N) is 10. The van der Waals surface area contributed by atoms with E-state index < -0.39 is 14.8 Å². The number of amides is 4. The number of imidazole rings is 3. The zero-order valence-electron chi connectivity index (χ0n) is 37.9. The van der Waals surface area contributed by atoms with Crippen molar-refractivity contribution < 1.29 is 153 Å². The molecule has 29 heteroatoms. The van der Waals surface area contributed by atoms with E-state index in [1.807, 2.05) is 0 Å². The fraction of sp³-hybridized carbons (Fsp3) is 0.316. The fourth-order valence-electron chi connectivity index (χ4n) is 5.88. The van der Waals surface area contributed by atoms with Gasteiger partial charge in [0.25, 0.3) is 30.1 Å². The summed E-state index contributed by atoms with van der Waals surface area (Å²) < 4.78 is 3.39. The summed E-state index contributed by atoms with van der Waals surface area (Å²) >= 11 is 3.28. The Morgan fingerprint density at radius 3 is 1.34 bits per heavy atom. The molecule has 350 valence electrons. The summed E-state index contributed by atoms with van der Waals surface area (Å²) in [4.78, 5) is 105. The molecule has 5 heterocycles. The van der Waals surface area contributed by atoms with Gasteiger partial charge >= 0.3 is 120 Å². The van der Waals surface area contributed by atoms with Gasteiger partial charge in [-0.15, -0.1) is 12.4 Å². The van der Waals surface area contributed by atoms with Crippen molar-refractivity contribution in [1.29, 1.82) is 0 Å². The van der Waals surface area contributed by atoms with Crippen LogP contribution in [0.15, 0.2) is 67.1 Å². The zero-order valence-corrected chi connectivity index (χ0v) is 45.6. The second kappa shape index (κ2) is 31.9. The molecule has 3 aromatic heterocycles. The van der Waals surface area contributed by atoms with Crippen LogP contribution in [0.1, 0.15) is 79.6 Å². The number of aryl methyl sites for hydroxylation is 5. The Bertz CT molecular complexity index is 2430. The molecule has 25 nitrogen and oxygen atoms in total. The van der Waals surface area contributed by atoms with E-state index in [-0.39, 0.29) is 171 Å². The first-order chi connectivity index (χ1) is 30.5. The van der Waals surface area contributed by atoms with Gasteiger partial charge in [0.05, 0.1) is 22.3 Å². The van der Waals surface area contributed by atoms with Crippen LogP contribution in [0.3, 0.4) is 0 Å². The number of hydrogen-bond acceptors (Lipinski definition) is 17. The number of hydrogen-bond donors (Lipinski definition) is 2. The second-order valence-electron chi connectivity index (χ2n) is 13.2. The molecule has 0 saturated heterocycles. The topological polar surface area (TPSA) is 344 Å². The number of carbonyl (C=O) groups is 5. The van der Waals surface area contributed by atoms with Crippen LogP contribution in [0.4, 0.5) is 17.5 Å². The normalized spacial score (nSPS) is 11.5. The summed E-state index contributed by atoms with van der Waals surface area (Å²) in [6, 6.07) is 13.7. The number of benzene rings is 2. The maximum absolute atomic E-state index is 12.2. The number of nitrogens with one attached hydrogen (secondary N) is 1. The smallest absolute Gasteiger partial charge is 1.00 e. The Balaban J connectivity index is 0. The average Bonchev–Trinajstić information content (AvgIpc) is 4.09. The van der Waals surface area contributed by atoms with Crippen LogP contribution in [-0.4, -0.2) is 109 Å². The number of imide groups is 2. The maximum Gasteiger partial charge on any atom is 1.00 e. The maximum atomic E-state index is 12.2. The summed E-state index contributed by atoms with van der Waals surface area (Å²) in [6.07, 6.45) is 6.07. The first-order valence-corrected chi connectivity index (χ1v) is 20.0. The third kappa shape index (κ3) is 18.4. The summed E-state index contributed by atoms with van der Waals surface area (Å²) in [6.45, 7) is 7.34. The standard InChI is InChI=1S/C15H14N4O4.C11H10BrNO2.C7H12N4O2.C4H5N3O2.CH2O3.ClH.2K.H/c1-10-16-13(19(22)23)9-17(10)7-4-8-18-14(20)11-5-2-3-6-12(11)15(18)21;12-6-3-7-13-10(14)8-4-1-2-5-9(8)11(13)15;1-6-9-7(11(12)13)5-10(6)4-2-3-8;1-3-5-2-4(6-3)7(8)9;2-1-4-3;;;;/h2-3,5-6,9H,4,7-8H2,1H3;1-2,4-5H,3,6-7H2;5H,2-4,8H2,1H3;2H,1H3,(H,5,6);1,3H;1H;;;/q;;;;;;2*+1;-1/p-1. The predicted molar refractivity (Wildman–Crippen MR) is 233 cm³/mol. The largest absolute Gasteiger partial charge is 1.00 e. The molecule has 2 aromatic carbocycles. The number of fused-ring (bicyclic) bond motifs is 2. The molecule has 5 aromatic rings. The first kappa shape index (κ1) is 63.0. The number of alkyl halides is 1. The fourth-order valence-corrected chi connectivity index (χ4v) is 6.13. The number of nitrogens with two attached hydrogens (primary N) is 1. The monoisotopic (exact) mass is 1070 g/mol. The summed E-state index contributed by atoms with van der Waals surface area (Å²) in [5.41, 5.74) is 7.22. The predicted octanol–water partition coefficient (Wildman–Crippen LogP) is -2.09. The summed E-state index contributed by atoms with van der Waals surface area (Å²) in [5, 5.41) is 40.2. The molecule has 2 aliphatic heterocycles. The summed E-state index contributed by atoms with van der Waals surface area (Å²) in [5.74, 6) is 0.442. The molecule has 4 amide bonds. The number of aromatic nitrogens is 6. The van der Waals surface area contributed by atoms with Gasteiger partial charge in [0.1, 0.15) is 18.6 Å². The third-order valence-electron chi connectivity index (χ3n) is 8.88. The van der Waals surface area contributed by atoms with Crippen molar-refractivity contribution in [3.8, 4) is 0 Å². The average molecular weight is 1070 g/mol. The molecule has 0 aliphatic carbocycles. The van der Waals surface area contributed by atoms with Crippen LogP contribution in [0.2, 0.25) is 0 Å². The van der Waals surface area contributed by atoms with E-state index in [4.69, 9.17) is 15.8 Å². The van der Waals surface area contributed by atoms with Gasteiger partial charge in [-0.25, -0.2) is 9.97 Å². The number of rotatable bonds is 14. The molecule has 0 unspecified atom stereocenters. The molecule has 0 radical (unpaired) electrons. The molecule has 0 atom stereocenters. The van der Waals surface area contributed by atoms with Gasteiger partial charge in [0.15, 0.2) is 5.82 Å². The second-order valence-corrected chi connectivity index (χ2v) is 13.9. The number of H-pyrrole nitrogens is 1. The minimum atomic E-state index is -0.548. The van der Waals surface area contributed by atoms with Gasteiger partial charge < -0.3 is 56.8 Å². The first-order valence-electron chi connectivity index (χ1n) is 18.9. The third-order valence-corrected chi connectivity index (χ3v) is 9.44. The molecule has 2 aliphatic rings. The number of halogens is 2. The molecule has 0 fully saturated rings. The van der Waals surface area contributed by atoms with E-state index in [0.29, 0.717) is 72.3 Å². The minimum Gasteiger partial charge on any atom is -1.00 e. The Morgan fingerprint density at radius 1 is 0.701 bits per heavy atom. The van der Waals surface area contributed by atoms with E-state index in [9.17, 15) is 49.5 Å². The molecule has 67 heavy (non-hydrogen) atoms. The minimum absolute atomic E-state index is 0. The Hall–Kier alpha value is -4.02. The van der Waals surface area contributed by atoms with Crippen LogP contribution in [-0.2, 0) is 22.8 Å². The van der Waals surface area contributed by atoms with Crippen molar-refractivity contribution in [2.24, 2.45) is 5.73 Å². The molecule has 0 spiro atoms. The van der Waals surface area contributed by atoms with Gasteiger partial charge in [-0.2, -0.15) is 0 Å². The quantitative estimate of drug-likeness (QED) is 0.0229. The number of nitro groups is 3. The molecular formula is C38H44BrClK2N12O13. The van der Waals surface area contributed by atoms with Gasteiger partial charge in [-0.3, -0.25) is 33.8 Å². The van der Waals surface area contributed by atoms with E-state index in [0.717, 1.165) is 18.2 Å². The van der Waals surface area contributed by atoms with Gasteiger partial charge in [0.2, 0.25) is 11.6 Å². The molecular weight excluding hydrogens is 1030 g/mol. The molecule has 0 saturated carbocycles. The molecule has 0 bridgehead atoms. The SMILES string of the molecule is Cc1nc([N+](=O)[O-])cn1CCCN.Cc1nc([N+](=O)[O-])cn1CCCN1C(=O)c2ccccc2C1=O.Cc1ncc([N+](=O)[O-])[nH]1.Cl.O=C1c2ccccc2C(=O)N1CCCBr.O=CO[O-].[H-].[K+].[K+]. The van der Waals surface area contributed by atoms with Crippen LogP contribution < -0.4 is 114 Å². The Kier molecular flexibility index (Phi) is 30.0. The molecule has 7 rings (SSSR count). The van der Waals surface area contributed by atoms with Crippen molar-refractivity contribution in [2.75, 3.05) is 25.0 Å². The van der Waals surface area contributed by atoms with Crippen molar-refractivity contribution in [2.45, 2.75) is 53.1 Å². The summed E-state index contributed by atoms with van der Waals surface area (Å²) in [7, 11) is 0. The van der Waals surface area contributed by atoms with E-state index in [1.54, 1.807) is 78.4 Å². The van der Waals surface area contributed by atoms with Crippen LogP contribution in [0, 0.1) is 51.1 Å². The van der Waals surface area contributed by atoms with Crippen molar-refractivity contribution in [3.63, 3.8) is 0 Å². The van der Waals surface area contributed by atoms with Crippen LogP contribution in [0.5, 0.6) is 0 Å². The van der Waals surface area contributed by atoms with Gasteiger partial charge in [0, 0.05) is 52.3 Å². The van der Waals surface area contributed by atoms with Crippen LogP contribution in [0.25, 0.3) is 0 Å². The van der Waals surface area contributed by atoms with Crippen molar-refractivity contribution >= 4 is 75.9 Å². The Labute approximate surface area is 482 Å². The van der Waals surface area contributed by atoms with Crippen LogP contribution >= 0.6 is 28.3 Å². The number of aromatic amines is 1. The van der Waals surface area contributed by atoms with E-state index >= 15 is 0 Å². The van der Waals surface area contributed by atoms with E-state index in [2.05, 4.69) is 40.8 Å². The van der Waals surface area contributed by atoms with Crippen molar-refractivity contribution in [3.05, 3.63) is 137 Å². The Morgan fingerprint density at radius 2 is 1.07 bits per heavy atom. The van der Waals surface area contributed by atoms with Gasteiger partial charge in [-0.1, -0.05) is 40.2 Å². The van der Waals surface area contributed by atoms with Crippen molar-refractivity contribution in [1.82, 2.24) is 38.9 Å².